The van der Waals surface area contributed by atoms with Crippen LogP contribution < -0.4 is 10.9 Å². The number of hydrogen-bond donors (Lipinski definition) is 1. The third-order valence-electron chi connectivity index (χ3n) is 6.09. The lowest BCUT2D eigenvalue weighted by Crippen LogP contribution is -2.44. The minimum Gasteiger partial charge on any atom is -0.358 e. The standard InChI is InChI=1S/C22H27N5O5S/c1-3-9-26-17(13-16-20(26)24-18-6-4-5-10-27(18)21(16)29)22(30)25-11-7-15(8-12-25)33(31,32)14-19(28)23-2/h4-6,10,13,15H,3,7-9,11-12,14H2,1-2H3,(H,23,28). The molecule has 1 fully saturated rings. The van der Waals surface area contributed by atoms with Crippen LogP contribution in [0.4, 0.5) is 0 Å². The molecule has 10 nitrogen and oxygen atoms in total. The Morgan fingerprint density at radius 2 is 1.94 bits per heavy atom. The maximum absolute atomic E-state index is 13.4. The number of aromatic nitrogens is 3. The number of sulfone groups is 1. The Morgan fingerprint density at radius 1 is 1.21 bits per heavy atom. The third-order valence-corrected chi connectivity index (χ3v) is 8.24. The van der Waals surface area contributed by atoms with Crippen molar-refractivity contribution in [3.8, 4) is 0 Å². The van der Waals surface area contributed by atoms with Crippen molar-refractivity contribution in [3.05, 3.63) is 46.5 Å². The van der Waals surface area contributed by atoms with Crippen molar-refractivity contribution in [2.45, 2.75) is 38.0 Å². The predicted molar refractivity (Wildman–Crippen MR) is 124 cm³/mol. The van der Waals surface area contributed by atoms with Gasteiger partial charge in [-0.25, -0.2) is 13.4 Å². The van der Waals surface area contributed by atoms with Crippen molar-refractivity contribution in [2.75, 3.05) is 25.9 Å². The highest BCUT2D eigenvalue weighted by atomic mass is 32.2. The summed E-state index contributed by atoms with van der Waals surface area (Å²) in [4.78, 5) is 44.2. The number of carbonyl (C=O) groups is 2. The molecule has 1 aliphatic heterocycles. The average Bonchev–Trinajstić information content (AvgIpc) is 3.17. The van der Waals surface area contributed by atoms with Gasteiger partial charge in [-0.1, -0.05) is 13.0 Å². The zero-order chi connectivity index (χ0) is 23.8. The molecule has 4 heterocycles. The molecule has 33 heavy (non-hydrogen) atoms. The van der Waals surface area contributed by atoms with E-state index in [0.29, 0.717) is 28.9 Å². The van der Waals surface area contributed by atoms with Crippen molar-refractivity contribution in [2.24, 2.45) is 0 Å². The van der Waals surface area contributed by atoms with Crippen LogP contribution in [0.15, 0.2) is 35.3 Å². The minimum atomic E-state index is -3.58. The predicted octanol–water partition coefficient (Wildman–Crippen LogP) is 0.825. The van der Waals surface area contributed by atoms with Crippen molar-refractivity contribution >= 4 is 38.3 Å². The van der Waals surface area contributed by atoms with Gasteiger partial charge in [0.25, 0.3) is 11.5 Å². The van der Waals surface area contributed by atoms with E-state index in [-0.39, 0.29) is 37.4 Å². The number of likely N-dealkylation sites (tertiary alicyclic amines) is 1. The van der Waals surface area contributed by atoms with Crippen LogP contribution in [0.25, 0.3) is 16.7 Å². The van der Waals surface area contributed by atoms with E-state index in [0.717, 1.165) is 6.42 Å². The second kappa shape index (κ2) is 8.97. The monoisotopic (exact) mass is 473 g/mol. The summed E-state index contributed by atoms with van der Waals surface area (Å²) in [5.74, 6) is -1.34. The molecule has 0 aromatic carbocycles. The Bertz CT molecular complexity index is 1380. The number of nitrogens with one attached hydrogen (secondary N) is 1. The molecule has 4 rings (SSSR count). The lowest BCUT2D eigenvalue weighted by Gasteiger charge is -2.31. The van der Waals surface area contributed by atoms with E-state index in [1.54, 1.807) is 39.9 Å². The lowest BCUT2D eigenvalue weighted by atomic mass is 10.1. The quantitative estimate of drug-likeness (QED) is 0.566. The van der Waals surface area contributed by atoms with Gasteiger partial charge in [-0.05, 0) is 37.5 Å². The van der Waals surface area contributed by atoms with Crippen LogP contribution in [0.5, 0.6) is 0 Å². The summed E-state index contributed by atoms with van der Waals surface area (Å²) in [6.07, 6.45) is 2.93. The van der Waals surface area contributed by atoms with Gasteiger partial charge in [0.1, 0.15) is 22.7 Å². The summed E-state index contributed by atoms with van der Waals surface area (Å²) < 4.78 is 28.2. The Balaban J connectivity index is 1.63. The maximum Gasteiger partial charge on any atom is 0.270 e. The zero-order valence-electron chi connectivity index (χ0n) is 18.7. The van der Waals surface area contributed by atoms with Crippen molar-refractivity contribution < 1.29 is 18.0 Å². The van der Waals surface area contributed by atoms with Gasteiger partial charge in [-0.3, -0.25) is 18.8 Å². The number of aryl methyl sites for hydroxylation is 1. The Kier molecular flexibility index (Phi) is 6.24. The van der Waals surface area contributed by atoms with Gasteiger partial charge in [-0.2, -0.15) is 0 Å². The maximum atomic E-state index is 13.4. The third kappa shape index (κ3) is 4.24. The molecule has 176 valence electrons. The SMILES string of the molecule is CCCn1c(C(=O)N2CCC(S(=O)(=O)CC(=O)NC)CC2)cc2c(=O)n3ccccc3nc21. The number of nitrogens with zero attached hydrogens (tertiary/aromatic N) is 4. The van der Waals surface area contributed by atoms with E-state index in [4.69, 9.17) is 0 Å². The average molecular weight is 474 g/mol. The lowest BCUT2D eigenvalue weighted by molar-refractivity contribution is -0.118. The van der Waals surface area contributed by atoms with Gasteiger partial charge in [-0.15, -0.1) is 0 Å². The molecule has 0 atom stereocenters. The summed E-state index contributed by atoms with van der Waals surface area (Å²) in [7, 11) is -2.18. The number of rotatable bonds is 6. The van der Waals surface area contributed by atoms with Crippen LogP contribution in [0, 0.1) is 0 Å². The normalized spacial score (nSPS) is 15.3. The molecule has 1 N–H and O–H groups in total. The molecular weight excluding hydrogens is 446 g/mol. The first-order chi connectivity index (χ1) is 15.8. The van der Waals surface area contributed by atoms with Gasteiger partial charge in [0.15, 0.2) is 9.84 Å². The first-order valence-electron chi connectivity index (χ1n) is 11.0. The van der Waals surface area contributed by atoms with E-state index in [1.165, 1.54) is 11.4 Å². The van der Waals surface area contributed by atoms with Gasteiger partial charge < -0.3 is 14.8 Å². The van der Waals surface area contributed by atoms with Crippen LogP contribution in [-0.2, 0) is 21.2 Å². The molecule has 3 aromatic rings. The van der Waals surface area contributed by atoms with Crippen LogP contribution in [-0.4, -0.2) is 70.2 Å². The smallest absolute Gasteiger partial charge is 0.270 e. The van der Waals surface area contributed by atoms with Gasteiger partial charge in [0.2, 0.25) is 5.91 Å². The second-order valence-electron chi connectivity index (χ2n) is 8.24. The Labute approximate surface area is 191 Å². The van der Waals surface area contributed by atoms with E-state index in [1.807, 2.05) is 6.92 Å². The second-order valence-corrected chi connectivity index (χ2v) is 10.5. The highest BCUT2D eigenvalue weighted by Crippen LogP contribution is 2.23. The molecule has 0 aliphatic carbocycles. The fourth-order valence-corrected chi connectivity index (χ4v) is 6.01. The molecule has 0 saturated carbocycles. The number of carbonyl (C=O) groups excluding carboxylic acids is 2. The summed E-state index contributed by atoms with van der Waals surface area (Å²) in [5, 5.41) is 2.06. The number of fused-ring (bicyclic) bond motifs is 2. The topological polar surface area (TPSA) is 123 Å². The molecule has 3 aromatic heterocycles. The summed E-state index contributed by atoms with van der Waals surface area (Å²) in [6.45, 7) is 3.03. The highest BCUT2D eigenvalue weighted by Gasteiger charge is 2.34. The first kappa shape index (κ1) is 23.0. The van der Waals surface area contributed by atoms with Crippen molar-refractivity contribution in [1.82, 2.24) is 24.2 Å². The molecule has 2 amide bonds. The van der Waals surface area contributed by atoms with Crippen LogP contribution in [0.3, 0.4) is 0 Å². The largest absolute Gasteiger partial charge is 0.358 e. The Hall–Kier alpha value is -3.21. The van der Waals surface area contributed by atoms with Crippen LogP contribution >= 0.6 is 0 Å². The summed E-state index contributed by atoms with van der Waals surface area (Å²) >= 11 is 0. The van der Waals surface area contributed by atoms with E-state index in [2.05, 4.69) is 10.3 Å². The van der Waals surface area contributed by atoms with Gasteiger partial charge >= 0.3 is 0 Å². The van der Waals surface area contributed by atoms with Gasteiger partial charge in [0.05, 0.1) is 10.6 Å². The number of amides is 2. The van der Waals surface area contributed by atoms with Crippen LogP contribution in [0.2, 0.25) is 0 Å². The zero-order valence-corrected chi connectivity index (χ0v) is 19.5. The fraction of sp³-hybridized carbons (Fsp3) is 0.455. The molecule has 0 unspecified atom stereocenters. The van der Waals surface area contributed by atoms with E-state index < -0.39 is 26.7 Å². The molecule has 0 spiro atoms. The minimum absolute atomic E-state index is 0.237. The van der Waals surface area contributed by atoms with Crippen molar-refractivity contribution in [1.29, 1.82) is 0 Å². The summed E-state index contributed by atoms with van der Waals surface area (Å²) in [5.41, 5.74) is 1.11. The number of piperidine rings is 1. The number of hydrogen-bond acceptors (Lipinski definition) is 6. The molecular formula is C22H27N5O5S. The molecule has 1 saturated heterocycles. The molecule has 11 heteroatoms. The van der Waals surface area contributed by atoms with Gasteiger partial charge in [0, 0.05) is 32.9 Å². The molecule has 1 aliphatic rings. The Morgan fingerprint density at radius 3 is 2.61 bits per heavy atom. The molecule has 0 bridgehead atoms. The van der Waals surface area contributed by atoms with E-state index in [9.17, 15) is 22.8 Å². The highest BCUT2D eigenvalue weighted by molar-refractivity contribution is 7.92. The first-order valence-corrected chi connectivity index (χ1v) is 12.7. The number of pyridine rings is 1. The van der Waals surface area contributed by atoms with Crippen molar-refractivity contribution in [3.63, 3.8) is 0 Å². The fourth-order valence-electron chi connectivity index (χ4n) is 4.33. The van der Waals surface area contributed by atoms with E-state index >= 15 is 0 Å². The molecule has 0 radical (unpaired) electrons. The van der Waals surface area contributed by atoms with Crippen LogP contribution in [0.1, 0.15) is 36.7 Å². The summed E-state index contributed by atoms with van der Waals surface area (Å²) in [6, 6.07) is 6.89.